The molecule has 1 heterocycles. The molecule has 26 heavy (non-hydrogen) atoms. The fourth-order valence-electron chi connectivity index (χ4n) is 2.51. The van der Waals surface area contributed by atoms with Gasteiger partial charge in [0.15, 0.2) is 10.9 Å². The van der Waals surface area contributed by atoms with E-state index >= 15 is 0 Å². The van der Waals surface area contributed by atoms with E-state index in [1.165, 1.54) is 11.8 Å². The molecule has 0 spiro atoms. The molecule has 0 bridgehead atoms. The van der Waals surface area contributed by atoms with E-state index in [1.807, 2.05) is 60.0 Å². The first-order valence-corrected chi connectivity index (χ1v) is 9.89. The summed E-state index contributed by atoms with van der Waals surface area (Å²) in [5.74, 6) is 1.22. The van der Waals surface area contributed by atoms with Crippen LogP contribution in [0.3, 0.4) is 0 Å². The van der Waals surface area contributed by atoms with Crippen molar-refractivity contribution in [2.45, 2.75) is 18.6 Å². The van der Waals surface area contributed by atoms with E-state index in [0.717, 1.165) is 26.6 Å². The lowest BCUT2D eigenvalue weighted by molar-refractivity contribution is 0.102. The number of hydrogen-bond donors (Lipinski definition) is 0. The molecule has 0 atom stereocenters. The number of halogens is 1. The maximum absolute atomic E-state index is 12.5. The minimum absolute atomic E-state index is 0.0724. The first kappa shape index (κ1) is 18.6. The van der Waals surface area contributed by atoms with E-state index < -0.39 is 0 Å². The summed E-state index contributed by atoms with van der Waals surface area (Å²) in [6, 6.07) is 15.8. The standard InChI is InChI=1S/C20H18BrN3OS/c1-3-12-24-14(2)22-23-20(24)26-13-19(25)17-6-4-15(5-7-17)16-8-10-18(21)11-9-16/h3-11H,1,12-13H2,2H3. The van der Waals surface area contributed by atoms with Crippen molar-refractivity contribution in [3.05, 3.63) is 77.0 Å². The average Bonchev–Trinajstić information content (AvgIpc) is 3.01. The van der Waals surface area contributed by atoms with Crippen molar-refractivity contribution in [3.63, 3.8) is 0 Å². The topological polar surface area (TPSA) is 47.8 Å². The highest BCUT2D eigenvalue weighted by molar-refractivity contribution is 9.10. The molecule has 3 aromatic rings. The first-order chi connectivity index (χ1) is 12.6. The fourth-order valence-corrected chi connectivity index (χ4v) is 3.66. The van der Waals surface area contributed by atoms with Gasteiger partial charge in [0.1, 0.15) is 5.82 Å². The Kier molecular flexibility index (Phi) is 6.06. The maximum atomic E-state index is 12.5. The molecule has 2 aromatic carbocycles. The van der Waals surface area contributed by atoms with Crippen molar-refractivity contribution in [2.75, 3.05) is 5.75 Å². The molecule has 0 amide bonds. The summed E-state index contributed by atoms with van der Waals surface area (Å²) in [6.07, 6.45) is 1.79. The number of aryl methyl sites for hydroxylation is 1. The molecule has 0 N–H and O–H groups in total. The minimum Gasteiger partial charge on any atom is -0.302 e. The van der Waals surface area contributed by atoms with Gasteiger partial charge in [-0.05, 0) is 30.2 Å². The van der Waals surface area contributed by atoms with Crippen LogP contribution in [0.15, 0.2) is 70.8 Å². The van der Waals surface area contributed by atoms with Crippen LogP contribution in [0, 0.1) is 6.92 Å². The van der Waals surface area contributed by atoms with Gasteiger partial charge in [-0.25, -0.2) is 0 Å². The molecule has 3 rings (SSSR count). The van der Waals surface area contributed by atoms with E-state index in [-0.39, 0.29) is 5.78 Å². The van der Waals surface area contributed by atoms with Crippen molar-refractivity contribution in [1.29, 1.82) is 0 Å². The van der Waals surface area contributed by atoms with Crippen molar-refractivity contribution in [1.82, 2.24) is 14.8 Å². The molecule has 0 aliphatic heterocycles. The molecular formula is C20H18BrN3OS. The number of carbonyl (C=O) groups excluding carboxylic acids is 1. The van der Waals surface area contributed by atoms with Crippen LogP contribution in [-0.4, -0.2) is 26.3 Å². The van der Waals surface area contributed by atoms with Crippen LogP contribution in [0.4, 0.5) is 0 Å². The smallest absolute Gasteiger partial charge is 0.191 e. The minimum atomic E-state index is 0.0724. The molecule has 0 radical (unpaired) electrons. The molecular weight excluding hydrogens is 410 g/mol. The van der Waals surface area contributed by atoms with Gasteiger partial charge in [-0.2, -0.15) is 0 Å². The predicted octanol–water partition coefficient (Wildman–Crippen LogP) is 5.18. The number of benzene rings is 2. The lowest BCUT2D eigenvalue weighted by Gasteiger charge is -2.06. The molecule has 1 aromatic heterocycles. The number of Topliss-reactive ketones (excluding diaryl/α,β-unsaturated/α-hetero) is 1. The van der Waals surface area contributed by atoms with E-state index in [1.54, 1.807) is 6.08 Å². The van der Waals surface area contributed by atoms with E-state index in [4.69, 9.17) is 0 Å². The van der Waals surface area contributed by atoms with Crippen LogP contribution in [0.2, 0.25) is 0 Å². The Hall–Kier alpha value is -2.18. The van der Waals surface area contributed by atoms with Crippen molar-refractivity contribution in [2.24, 2.45) is 0 Å². The number of rotatable bonds is 7. The summed E-state index contributed by atoms with van der Waals surface area (Å²) in [7, 11) is 0. The van der Waals surface area contributed by atoms with Crippen LogP contribution in [-0.2, 0) is 6.54 Å². The zero-order valence-electron chi connectivity index (χ0n) is 14.4. The van der Waals surface area contributed by atoms with Crippen LogP contribution in [0.5, 0.6) is 0 Å². The van der Waals surface area contributed by atoms with Crippen LogP contribution in [0.1, 0.15) is 16.2 Å². The lowest BCUT2D eigenvalue weighted by Crippen LogP contribution is -2.05. The summed E-state index contributed by atoms with van der Waals surface area (Å²) in [6.45, 7) is 6.27. The van der Waals surface area contributed by atoms with Crippen molar-refractivity contribution >= 4 is 33.5 Å². The van der Waals surface area contributed by atoms with Gasteiger partial charge < -0.3 is 4.57 Å². The Morgan fingerprint density at radius 1 is 1.12 bits per heavy atom. The van der Waals surface area contributed by atoms with Gasteiger partial charge in [0.25, 0.3) is 0 Å². The molecule has 132 valence electrons. The Bertz CT molecular complexity index is 917. The molecule has 6 heteroatoms. The van der Waals surface area contributed by atoms with Crippen LogP contribution >= 0.6 is 27.7 Å². The van der Waals surface area contributed by atoms with Gasteiger partial charge in [-0.1, -0.05) is 70.2 Å². The average molecular weight is 428 g/mol. The quantitative estimate of drug-likeness (QED) is 0.296. The lowest BCUT2D eigenvalue weighted by atomic mass is 10.0. The van der Waals surface area contributed by atoms with Gasteiger partial charge in [0, 0.05) is 16.6 Å². The monoisotopic (exact) mass is 427 g/mol. The predicted molar refractivity (Wildman–Crippen MR) is 110 cm³/mol. The van der Waals surface area contributed by atoms with Crippen LogP contribution < -0.4 is 0 Å². The number of thioether (sulfide) groups is 1. The second-order valence-electron chi connectivity index (χ2n) is 5.73. The SMILES string of the molecule is C=CCn1c(C)nnc1SCC(=O)c1ccc(-c2ccc(Br)cc2)cc1. The van der Waals surface area contributed by atoms with E-state index in [9.17, 15) is 4.79 Å². The molecule has 4 nitrogen and oxygen atoms in total. The second kappa shape index (κ2) is 8.47. The van der Waals surface area contributed by atoms with Gasteiger partial charge in [-0.15, -0.1) is 16.8 Å². The number of ketones is 1. The van der Waals surface area contributed by atoms with Crippen LogP contribution in [0.25, 0.3) is 11.1 Å². The number of allylic oxidation sites excluding steroid dienone is 1. The molecule has 0 unspecified atom stereocenters. The number of hydrogen-bond acceptors (Lipinski definition) is 4. The molecule has 0 saturated heterocycles. The number of nitrogens with zero attached hydrogens (tertiary/aromatic N) is 3. The van der Waals surface area contributed by atoms with Crippen molar-refractivity contribution < 1.29 is 4.79 Å². The van der Waals surface area contributed by atoms with E-state index in [2.05, 4.69) is 32.7 Å². The third-order valence-corrected chi connectivity index (χ3v) is 5.43. The third-order valence-electron chi connectivity index (χ3n) is 3.93. The largest absolute Gasteiger partial charge is 0.302 e. The highest BCUT2D eigenvalue weighted by atomic mass is 79.9. The fraction of sp³-hybridized carbons (Fsp3) is 0.150. The number of carbonyl (C=O) groups is 1. The third kappa shape index (κ3) is 4.31. The molecule has 0 fully saturated rings. The summed E-state index contributed by atoms with van der Waals surface area (Å²) in [4.78, 5) is 12.5. The molecule has 0 aliphatic carbocycles. The molecule has 0 saturated carbocycles. The summed E-state index contributed by atoms with van der Waals surface area (Å²) >= 11 is 4.84. The second-order valence-corrected chi connectivity index (χ2v) is 7.58. The van der Waals surface area contributed by atoms with Gasteiger partial charge >= 0.3 is 0 Å². The maximum Gasteiger partial charge on any atom is 0.191 e. The van der Waals surface area contributed by atoms with Gasteiger partial charge in [0.05, 0.1) is 5.75 Å². The highest BCUT2D eigenvalue weighted by Crippen LogP contribution is 2.23. The van der Waals surface area contributed by atoms with Crippen molar-refractivity contribution in [3.8, 4) is 11.1 Å². The Balaban J connectivity index is 1.67. The zero-order chi connectivity index (χ0) is 18.5. The first-order valence-electron chi connectivity index (χ1n) is 8.11. The molecule has 0 aliphatic rings. The van der Waals surface area contributed by atoms with Gasteiger partial charge in [0.2, 0.25) is 0 Å². The summed E-state index contributed by atoms with van der Waals surface area (Å²) in [5.41, 5.74) is 2.91. The van der Waals surface area contributed by atoms with Gasteiger partial charge in [-0.3, -0.25) is 4.79 Å². The zero-order valence-corrected chi connectivity index (χ0v) is 16.8. The van der Waals surface area contributed by atoms with E-state index in [0.29, 0.717) is 17.9 Å². The number of aromatic nitrogens is 3. The Morgan fingerprint density at radius 3 is 2.35 bits per heavy atom. The normalized spacial score (nSPS) is 10.7. The Morgan fingerprint density at radius 2 is 1.73 bits per heavy atom. The summed E-state index contributed by atoms with van der Waals surface area (Å²) in [5, 5.41) is 8.94. The Labute approximate surface area is 165 Å². The summed E-state index contributed by atoms with van der Waals surface area (Å²) < 4.78 is 2.99. The highest BCUT2D eigenvalue weighted by Gasteiger charge is 2.12.